The van der Waals surface area contributed by atoms with Crippen LogP contribution in [0.5, 0.6) is 0 Å². The van der Waals surface area contributed by atoms with Gasteiger partial charge in [0.1, 0.15) is 5.71 Å². The summed E-state index contributed by atoms with van der Waals surface area (Å²) in [6.07, 6.45) is 0.419. The standard InChI is InChI=1S/C15H11Cl3N2O2S/c1-22-15(21)10-7-12(13-4-5-14(18)23-13)20(19-10)11-3-2-8(16)6-9(11)17/h2-6,12H,7H2,1H3. The smallest absolute Gasteiger partial charge is 0.354 e. The second-order valence-electron chi connectivity index (χ2n) is 4.84. The van der Waals surface area contributed by atoms with E-state index in [-0.39, 0.29) is 6.04 Å². The first-order chi connectivity index (χ1) is 11.0. The van der Waals surface area contributed by atoms with E-state index in [1.807, 2.05) is 12.1 Å². The molecule has 4 nitrogen and oxygen atoms in total. The van der Waals surface area contributed by atoms with Gasteiger partial charge in [0, 0.05) is 16.3 Å². The number of benzene rings is 1. The fourth-order valence-corrected chi connectivity index (χ4v) is 4.01. The van der Waals surface area contributed by atoms with Gasteiger partial charge < -0.3 is 4.74 Å². The molecule has 0 N–H and O–H groups in total. The SMILES string of the molecule is COC(=O)C1=NN(c2ccc(Cl)cc2Cl)C(c2ccc(Cl)s2)C1. The van der Waals surface area contributed by atoms with Crippen molar-refractivity contribution >= 4 is 63.5 Å². The predicted octanol–water partition coefficient (Wildman–Crippen LogP) is 5.19. The molecular formula is C15H11Cl3N2O2S. The summed E-state index contributed by atoms with van der Waals surface area (Å²) in [5.41, 5.74) is 1.01. The summed E-state index contributed by atoms with van der Waals surface area (Å²) in [5, 5.41) is 7.11. The summed E-state index contributed by atoms with van der Waals surface area (Å²) in [6.45, 7) is 0. The Bertz CT molecular complexity index is 791. The number of carbonyl (C=O) groups excluding carboxylic acids is 1. The Morgan fingerprint density at radius 2 is 2.09 bits per heavy atom. The van der Waals surface area contributed by atoms with Gasteiger partial charge in [0.05, 0.1) is 28.2 Å². The first kappa shape index (κ1) is 16.6. The molecule has 0 saturated heterocycles. The van der Waals surface area contributed by atoms with Gasteiger partial charge in [-0.1, -0.05) is 34.8 Å². The third kappa shape index (κ3) is 3.33. The van der Waals surface area contributed by atoms with E-state index < -0.39 is 5.97 Å². The largest absolute Gasteiger partial charge is 0.464 e. The zero-order chi connectivity index (χ0) is 16.6. The van der Waals surface area contributed by atoms with E-state index in [9.17, 15) is 4.79 Å². The van der Waals surface area contributed by atoms with Crippen LogP contribution in [-0.4, -0.2) is 18.8 Å². The van der Waals surface area contributed by atoms with Crippen molar-refractivity contribution in [1.82, 2.24) is 0 Å². The lowest BCUT2D eigenvalue weighted by Crippen LogP contribution is -2.18. The van der Waals surface area contributed by atoms with Gasteiger partial charge >= 0.3 is 5.97 Å². The predicted molar refractivity (Wildman–Crippen MR) is 95.1 cm³/mol. The first-order valence-corrected chi connectivity index (χ1v) is 8.60. The summed E-state index contributed by atoms with van der Waals surface area (Å²) in [5.74, 6) is -0.453. The molecule has 23 heavy (non-hydrogen) atoms. The lowest BCUT2D eigenvalue weighted by Gasteiger charge is -2.23. The van der Waals surface area contributed by atoms with Crippen LogP contribution < -0.4 is 5.01 Å². The van der Waals surface area contributed by atoms with Gasteiger partial charge in [-0.15, -0.1) is 11.3 Å². The van der Waals surface area contributed by atoms with Gasteiger partial charge in [-0.2, -0.15) is 5.10 Å². The van der Waals surface area contributed by atoms with Crippen molar-refractivity contribution < 1.29 is 9.53 Å². The maximum Gasteiger partial charge on any atom is 0.354 e. The van der Waals surface area contributed by atoms with Crippen LogP contribution in [0.25, 0.3) is 0 Å². The molecule has 0 fully saturated rings. The number of methoxy groups -OCH3 is 1. The Morgan fingerprint density at radius 1 is 1.30 bits per heavy atom. The Kier molecular flexibility index (Phi) is 4.82. The summed E-state index contributed by atoms with van der Waals surface area (Å²) in [7, 11) is 1.33. The molecule has 1 atom stereocenters. The van der Waals surface area contributed by atoms with Crippen molar-refractivity contribution in [3.05, 3.63) is 49.6 Å². The molecular weight excluding hydrogens is 379 g/mol. The molecule has 0 spiro atoms. The maximum absolute atomic E-state index is 11.9. The minimum Gasteiger partial charge on any atom is -0.464 e. The molecule has 0 radical (unpaired) electrons. The number of thiophene rings is 1. The molecule has 0 saturated carbocycles. The monoisotopic (exact) mass is 388 g/mol. The van der Waals surface area contributed by atoms with Crippen molar-refractivity contribution in [2.45, 2.75) is 12.5 Å². The van der Waals surface area contributed by atoms with Crippen molar-refractivity contribution in [1.29, 1.82) is 0 Å². The molecule has 2 aromatic rings. The molecule has 120 valence electrons. The molecule has 0 amide bonds. The molecule has 1 unspecified atom stereocenters. The molecule has 8 heteroatoms. The highest BCUT2D eigenvalue weighted by Crippen LogP contribution is 2.42. The van der Waals surface area contributed by atoms with Gasteiger partial charge in [-0.05, 0) is 30.3 Å². The van der Waals surface area contributed by atoms with Crippen LogP contribution in [-0.2, 0) is 9.53 Å². The van der Waals surface area contributed by atoms with E-state index in [1.165, 1.54) is 18.4 Å². The Hall–Kier alpha value is -1.27. The highest BCUT2D eigenvalue weighted by Gasteiger charge is 2.34. The first-order valence-electron chi connectivity index (χ1n) is 6.65. The van der Waals surface area contributed by atoms with Crippen molar-refractivity contribution in [2.75, 3.05) is 12.1 Å². The number of ether oxygens (including phenoxy) is 1. The van der Waals surface area contributed by atoms with E-state index in [1.54, 1.807) is 23.2 Å². The van der Waals surface area contributed by atoms with Gasteiger partial charge in [-0.3, -0.25) is 5.01 Å². The van der Waals surface area contributed by atoms with Crippen LogP contribution in [0.4, 0.5) is 5.69 Å². The van der Waals surface area contributed by atoms with Crippen LogP contribution in [0.15, 0.2) is 35.4 Å². The highest BCUT2D eigenvalue weighted by atomic mass is 35.5. The molecule has 1 aromatic carbocycles. The number of carbonyl (C=O) groups is 1. The van der Waals surface area contributed by atoms with Crippen molar-refractivity contribution in [3.63, 3.8) is 0 Å². The van der Waals surface area contributed by atoms with Crippen molar-refractivity contribution in [2.24, 2.45) is 5.10 Å². The lowest BCUT2D eigenvalue weighted by atomic mass is 10.1. The fraction of sp³-hybridized carbons (Fsp3) is 0.200. The molecule has 0 bridgehead atoms. The van der Waals surface area contributed by atoms with Crippen LogP contribution in [0.2, 0.25) is 14.4 Å². The minimum atomic E-state index is -0.453. The van der Waals surface area contributed by atoms with Crippen LogP contribution >= 0.6 is 46.1 Å². The number of hydrazone groups is 1. The Labute approximate surface area is 152 Å². The number of anilines is 1. The average molecular weight is 390 g/mol. The van der Waals surface area contributed by atoms with Gasteiger partial charge in [0.25, 0.3) is 0 Å². The average Bonchev–Trinajstić information content (AvgIpc) is 3.12. The number of hydrogen-bond donors (Lipinski definition) is 0. The minimum absolute atomic E-state index is 0.166. The van der Waals surface area contributed by atoms with Gasteiger partial charge in [-0.25, -0.2) is 4.79 Å². The summed E-state index contributed by atoms with van der Waals surface area (Å²) >= 11 is 19.7. The highest BCUT2D eigenvalue weighted by molar-refractivity contribution is 7.16. The second-order valence-corrected chi connectivity index (χ2v) is 7.43. The van der Waals surface area contributed by atoms with E-state index >= 15 is 0 Å². The third-order valence-electron chi connectivity index (χ3n) is 3.41. The number of esters is 1. The van der Waals surface area contributed by atoms with Crippen LogP contribution in [0.1, 0.15) is 17.3 Å². The van der Waals surface area contributed by atoms with E-state index in [4.69, 9.17) is 39.5 Å². The molecule has 1 aliphatic heterocycles. The number of rotatable bonds is 3. The molecule has 0 aliphatic carbocycles. The molecule has 1 aliphatic rings. The zero-order valence-electron chi connectivity index (χ0n) is 11.9. The number of nitrogens with zero attached hydrogens (tertiary/aromatic N) is 2. The maximum atomic E-state index is 11.9. The molecule has 2 heterocycles. The van der Waals surface area contributed by atoms with E-state index in [0.717, 1.165) is 4.88 Å². The summed E-state index contributed by atoms with van der Waals surface area (Å²) in [6, 6.07) is 8.72. The van der Waals surface area contributed by atoms with E-state index in [0.29, 0.717) is 32.2 Å². The second kappa shape index (κ2) is 6.69. The summed E-state index contributed by atoms with van der Waals surface area (Å²) < 4.78 is 5.46. The molecule has 1 aromatic heterocycles. The fourth-order valence-electron chi connectivity index (χ4n) is 2.37. The van der Waals surface area contributed by atoms with Crippen LogP contribution in [0, 0.1) is 0 Å². The quantitative estimate of drug-likeness (QED) is 0.678. The van der Waals surface area contributed by atoms with Crippen LogP contribution in [0.3, 0.4) is 0 Å². The Morgan fingerprint density at radius 3 is 2.70 bits per heavy atom. The van der Waals surface area contributed by atoms with Crippen molar-refractivity contribution in [3.8, 4) is 0 Å². The normalized spacial score (nSPS) is 17.3. The Balaban J connectivity index is 2.03. The van der Waals surface area contributed by atoms with Gasteiger partial charge in [0.2, 0.25) is 0 Å². The van der Waals surface area contributed by atoms with Gasteiger partial charge in [0.15, 0.2) is 0 Å². The third-order valence-corrected chi connectivity index (χ3v) is 5.28. The number of hydrogen-bond acceptors (Lipinski definition) is 5. The summed E-state index contributed by atoms with van der Waals surface area (Å²) in [4.78, 5) is 12.8. The van der Waals surface area contributed by atoms with E-state index in [2.05, 4.69) is 5.10 Å². The number of halogens is 3. The topological polar surface area (TPSA) is 41.9 Å². The zero-order valence-corrected chi connectivity index (χ0v) is 15.0. The molecule has 3 rings (SSSR count). The lowest BCUT2D eigenvalue weighted by molar-refractivity contribution is -0.132.